The van der Waals surface area contributed by atoms with E-state index in [0.29, 0.717) is 43.6 Å². The Morgan fingerprint density at radius 1 is 1.33 bits per heavy atom. The van der Waals surface area contributed by atoms with Crippen molar-refractivity contribution in [1.82, 2.24) is 10.2 Å². The number of amides is 2. The minimum atomic E-state index is -0.346. The fraction of sp³-hybridized carbons (Fsp3) is 0.529. The minimum absolute atomic E-state index is 0.0521. The molecule has 24 heavy (non-hydrogen) atoms. The van der Waals surface area contributed by atoms with Crippen molar-refractivity contribution < 1.29 is 19.1 Å². The van der Waals surface area contributed by atoms with E-state index in [1.54, 1.807) is 36.1 Å². The Balaban J connectivity index is 1.69. The van der Waals surface area contributed by atoms with Crippen molar-refractivity contribution in [3.8, 4) is 5.75 Å². The molecule has 0 aromatic heterocycles. The van der Waals surface area contributed by atoms with E-state index < -0.39 is 0 Å². The maximum absolute atomic E-state index is 12.2. The summed E-state index contributed by atoms with van der Waals surface area (Å²) in [5, 5.41) is 3.51. The van der Waals surface area contributed by atoms with E-state index in [9.17, 15) is 9.59 Å². The number of rotatable bonds is 6. The van der Waals surface area contributed by atoms with Gasteiger partial charge in [-0.2, -0.15) is 0 Å². The zero-order valence-electron chi connectivity index (χ0n) is 13.8. The van der Waals surface area contributed by atoms with E-state index in [1.165, 1.54) is 0 Å². The highest BCUT2D eigenvalue weighted by Gasteiger charge is 2.28. The monoisotopic (exact) mass is 354 g/mol. The van der Waals surface area contributed by atoms with Crippen LogP contribution in [0.3, 0.4) is 0 Å². The third-order valence-corrected chi connectivity index (χ3v) is 4.05. The summed E-state index contributed by atoms with van der Waals surface area (Å²) >= 11 is 5.80. The molecule has 1 heterocycles. The van der Waals surface area contributed by atoms with Crippen molar-refractivity contribution in [1.29, 1.82) is 0 Å². The Morgan fingerprint density at radius 3 is 2.79 bits per heavy atom. The average molecular weight is 355 g/mol. The van der Waals surface area contributed by atoms with Crippen LogP contribution in [0.2, 0.25) is 5.02 Å². The first-order valence-corrected chi connectivity index (χ1v) is 8.55. The van der Waals surface area contributed by atoms with E-state index in [-0.39, 0.29) is 17.9 Å². The maximum Gasteiger partial charge on any atom is 0.409 e. The second-order valence-electron chi connectivity index (χ2n) is 5.58. The minimum Gasteiger partial charge on any atom is -0.492 e. The summed E-state index contributed by atoms with van der Waals surface area (Å²) < 4.78 is 10.5. The molecule has 6 nitrogen and oxygen atoms in total. The average Bonchev–Trinajstić information content (AvgIpc) is 2.60. The number of nitrogens with one attached hydrogen (secondary N) is 1. The van der Waals surface area contributed by atoms with E-state index >= 15 is 0 Å². The zero-order chi connectivity index (χ0) is 17.4. The summed E-state index contributed by atoms with van der Waals surface area (Å²) in [6.07, 6.45) is 1.24. The Hall–Kier alpha value is -1.95. The van der Waals surface area contributed by atoms with Crippen LogP contribution in [-0.4, -0.2) is 49.7 Å². The lowest BCUT2D eigenvalue weighted by molar-refractivity contribution is -0.126. The molecule has 1 aromatic carbocycles. The number of likely N-dealkylation sites (tertiary alicyclic amines) is 1. The van der Waals surface area contributed by atoms with Crippen LogP contribution in [0.4, 0.5) is 4.79 Å². The van der Waals surface area contributed by atoms with Gasteiger partial charge in [0, 0.05) is 18.1 Å². The summed E-state index contributed by atoms with van der Waals surface area (Å²) in [6, 6.07) is 7.06. The van der Waals surface area contributed by atoms with Gasteiger partial charge < -0.3 is 19.7 Å². The van der Waals surface area contributed by atoms with Gasteiger partial charge in [-0.25, -0.2) is 4.79 Å². The summed E-state index contributed by atoms with van der Waals surface area (Å²) in [5.41, 5.74) is 0. The number of piperidine rings is 1. The van der Waals surface area contributed by atoms with Crippen LogP contribution in [0.1, 0.15) is 19.8 Å². The molecule has 1 saturated heterocycles. The predicted octanol–water partition coefficient (Wildman–Crippen LogP) is 2.70. The lowest BCUT2D eigenvalue weighted by Crippen LogP contribution is -2.46. The lowest BCUT2D eigenvalue weighted by Gasteiger charge is -2.31. The molecule has 0 aliphatic carbocycles. The quantitative estimate of drug-likeness (QED) is 0.797. The standard InChI is InChI=1S/C17H23ClN2O4/c1-2-23-17(22)20-10-3-4-13(12-20)16(21)19-9-11-24-15-7-5-14(18)6-8-15/h5-8,13H,2-4,9-12H2,1H3,(H,19,21). The molecule has 0 spiro atoms. The fourth-order valence-electron chi connectivity index (χ4n) is 2.59. The van der Waals surface area contributed by atoms with Gasteiger partial charge in [0.1, 0.15) is 12.4 Å². The van der Waals surface area contributed by atoms with Crippen molar-refractivity contribution in [2.24, 2.45) is 5.92 Å². The third-order valence-electron chi connectivity index (χ3n) is 3.80. The zero-order valence-corrected chi connectivity index (χ0v) is 14.6. The Morgan fingerprint density at radius 2 is 2.08 bits per heavy atom. The van der Waals surface area contributed by atoms with E-state index in [2.05, 4.69) is 5.32 Å². The highest BCUT2D eigenvalue weighted by Crippen LogP contribution is 2.18. The van der Waals surface area contributed by atoms with Crippen LogP contribution in [0.5, 0.6) is 5.75 Å². The number of hydrogen-bond acceptors (Lipinski definition) is 4. The normalized spacial score (nSPS) is 17.2. The number of hydrogen-bond donors (Lipinski definition) is 1. The SMILES string of the molecule is CCOC(=O)N1CCCC(C(=O)NCCOc2ccc(Cl)cc2)C1. The van der Waals surface area contributed by atoms with Gasteiger partial charge in [-0.1, -0.05) is 11.6 Å². The predicted molar refractivity (Wildman–Crippen MR) is 91.3 cm³/mol. The molecular formula is C17H23ClN2O4. The van der Waals surface area contributed by atoms with Gasteiger partial charge in [0.2, 0.25) is 5.91 Å². The fourth-order valence-corrected chi connectivity index (χ4v) is 2.72. The summed E-state index contributed by atoms with van der Waals surface area (Å²) in [5.74, 6) is 0.460. The number of nitrogens with zero attached hydrogens (tertiary/aromatic N) is 1. The molecule has 1 fully saturated rings. The van der Waals surface area contributed by atoms with Crippen molar-refractivity contribution in [2.45, 2.75) is 19.8 Å². The van der Waals surface area contributed by atoms with Gasteiger partial charge >= 0.3 is 6.09 Å². The number of carbonyl (C=O) groups excluding carboxylic acids is 2. The molecule has 2 rings (SSSR count). The van der Waals surface area contributed by atoms with Gasteiger partial charge in [0.05, 0.1) is 19.1 Å². The largest absolute Gasteiger partial charge is 0.492 e. The van der Waals surface area contributed by atoms with Crippen LogP contribution in [0.25, 0.3) is 0 Å². The first-order chi connectivity index (χ1) is 11.6. The van der Waals surface area contributed by atoms with Gasteiger partial charge in [-0.15, -0.1) is 0 Å². The Labute approximate surface area is 147 Å². The van der Waals surface area contributed by atoms with Gasteiger partial charge in [0.25, 0.3) is 0 Å². The molecule has 1 unspecified atom stereocenters. The third kappa shape index (κ3) is 5.60. The highest BCUT2D eigenvalue weighted by atomic mass is 35.5. The highest BCUT2D eigenvalue weighted by molar-refractivity contribution is 6.30. The molecule has 1 N–H and O–H groups in total. The van der Waals surface area contributed by atoms with Crippen LogP contribution in [0.15, 0.2) is 24.3 Å². The van der Waals surface area contributed by atoms with Gasteiger partial charge in [-0.3, -0.25) is 4.79 Å². The molecule has 132 valence electrons. The molecule has 7 heteroatoms. The number of halogens is 1. The van der Waals surface area contributed by atoms with E-state index in [4.69, 9.17) is 21.1 Å². The summed E-state index contributed by atoms with van der Waals surface area (Å²) in [4.78, 5) is 25.6. The number of ether oxygens (including phenoxy) is 2. The lowest BCUT2D eigenvalue weighted by atomic mass is 9.97. The molecular weight excluding hydrogens is 332 g/mol. The first kappa shape index (κ1) is 18.4. The van der Waals surface area contributed by atoms with Crippen LogP contribution >= 0.6 is 11.6 Å². The molecule has 0 saturated carbocycles. The first-order valence-electron chi connectivity index (χ1n) is 8.18. The smallest absolute Gasteiger partial charge is 0.409 e. The van der Waals surface area contributed by atoms with Crippen molar-refractivity contribution in [3.63, 3.8) is 0 Å². The molecule has 1 aromatic rings. The second kappa shape index (κ2) is 9.37. The summed E-state index contributed by atoms with van der Waals surface area (Å²) in [7, 11) is 0. The van der Waals surface area contributed by atoms with E-state index in [0.717, 1.165) is 12.8 Å². The molecule has 0 radical (unpaired) electrons. The molecule has 0 bridgehead atoms. The molecule has 2 amide bonds. The van der Waals surface area contributed by atoms with Crippen LogP contribution in [-0.2, 0) is 9.53 Å². The van der Waals surface area contributed by atoms with Crippen molar-refractivity contribution in [2.75, 3.05) is 32.8 Å². The van der Waals surface area contributed by atoms with E-state index in [1.807, 2.05) is 0 Å². The van der Waals surface area contributed by atoms with Crippen molar-refractivity contribution >= 4 is 23.6 Å². The topological polar surface area (TPSA) is 67.9 Å². The van der Waals surface area contributed by atoms with Gasteiger partial charge in [0.15, 0.2) is 0 Å². The maximum atomic E-state index is 12.2. The molecule has 1 atom stereocenters. The Kier molecular flexibility index (Phi) is 7.18. The Bertz CT molecular complexity index is 550. The molecule has 1 aliphatic heterocycles. The van der Waals surface area contributed by atoms with Crippen LogP contribution < -0.4 is 10.1 Å². The number of carbonyl (C=O) groups is 2. The summed E-state index contributed by atoms with van der Waals surface area (Å²) in [6.45, 7) is 3.95. The van der Waals surface area contributed by atoms with Gasteiger partial charge in [-0.05, 0) is 44.0 Å². The number of benzene rings is 1. The molecule has 1 aliphatic rings. The van der Waals surface area contributed by atoms with Crippen molar-refractivity contribution in [3.05, 3.63) is 29.3 Å². The van der Waals surface area contributed by atoms with Crippen LogP contribution in [0, 0.1) is 5.92 Å². The second-order valence-corrected chi connectivity index (χ2v) is 6.01.